The third kappa shape index (κ3) is 4.31. The molecule has 2 aliphatic heterocycles. The van der Waals surface area contributed by atoms with E-state index in [1.807, 2.05) is 25.1 Å². The number of benzene rings is 1. The second kappa shape index (κ2) is 8.86. The highest BCUT2D eigenvalue weighted by Crippen LogP contribution is 2.36. The molecule has 10 heteroatoms. The number of rotatable bonds is 8. The maximum absolute atomic E-state index is 13.9. The summed E-state index contributed by atoms with van der Waals surface area (Å²) in [5, 5.41) is 2.84. The van der Waals surface area contributed by atoms with Crippen LogP contribution >= 0.6 is 0 Å². The lowest BCUT2D eigenvalue weighted by Crippen LogP contribution is -2.52. The van der Waals surface area contributed by atoms with Gasteiger partial charge in [0, 0.05) is 39.1 Å². The number of carbonyl (C=O) groups excluding carboxylic acids is 3. The number of furan rings is 1. The fourth-order valence-corrected chi connectivity index (χ4v) is 5.36. The van der Waals surface area contributed by atoms with E-state index in [0.29, 0.717) is 29.8 Å². The molecule has 188 valence electrons. The van der Waals surface area contributed by atoms with E-state index >= 15 is 0 Å². The minimum absolute atomic E-state index is 0.0740. The molecule has 4 amide bonds. The van der Waals surface area contributed by atoms with Crippen LogP contribution in [-0.4, -0.2) is 60.6 Å². The Kier molecular flexibility index (Phi) is 5.96. The van der Waals surface area contributed by atoms with Crippen LogP contribution in [0, 0.1) is 6.92 Å². The zero-order chi connectivity index (χ0) is 25.7. The minimum Gasteiger partial charge on any atom is -0.456 e. The molecule has 1 fully saturated rings. The summed E-state index contributed by atoms with van der Waals surface area (Å²) in [6.07, 6.45) is 1.63. The third-order valence-electron chi connectivity index (χ3n) is 6.67. The molecule has 0 bridgehead atoms. The minimum atomic E-state index is -1.59. The van der Waals surface area contributed by atoms with Gasteiger partial charge in [0.25, 0.3) is 11.8 Å². The van der Waals surface area contributed by atoms with Gasteiger partial charge < -0.3 is 19.4 Å². The van der Waals surface area contributed by atoms with E-state index in [4.69, 9.17) is 9.15 Å². The van der Waals surface area contributed by atoms with Gasteiger partial charge in [-0.15, -0.1) is 0 Å². The average molecular weight is 507 g/mol. The Balaban J connectivity index is 1.46. The van der Waals surface area contributed by atoms with Crippen molar-refractivity contribution >= 4 is 37.0 Å². The van der Waals surface area contributed by atoms with Crippen LogP contribution in [0.25, 0.3) is 11.1 Å². The Bertz CT molecular complexity index is 1330. The molecule has 0 saturated carbocycles. The number of hydrogen-bond donors (Lipinski definition) is 1. The summed E-state index contributed by atoms with van der Waals surface area (Å²) in [7, 11) is -1.33. The van der Waals surface area contributed by atoms with Gasteiger partial charge in [-0.25, -0.2) is 9.69 Å². The first kappa shape index (κ1) is 24.2. The molecule has 36 heavy (non-hydrogen) atoms. The number of hydrogen-bond acceptors (Lipinski definition) is 6. The molecule has 0 radical (unpaired) electrons. The number of imide groups is 1. The molecule has 1 N–H and O–H groups in total. The second-order valence-corrected chi connectivity index (χ2v) is 16.4. The predicted molar refractivity (Wildman–Crippen MR) is 136 cm³/mol. The largest absolute Gasteiger partial charge is 0.456 e. The Labute approximate surface area is 210 Å². The van der Waals surface area contributed by atoms with Crippen LogP contribution in [-0.2, 0) is 21.6 Å². The SMILES string of the molecule is Cc1ccc2c(c1)C(=O)N(C[C@]1(c3cc4ncccc4o3)NC(=O)N(COCC[Si](C)(C)C)C1=O)C2. The van der Waals surface area contributed by atoms with Crippen LogP contribution in [0.1, 0.15) is 27.2 Å². The summed E-state index contributed by atoms with van der Waals surface area (Å²) in [6, 6.07) is 11.2. The van der Waals surface area contributed by atoms with Crippen molar-refractivity contribution in [2.24, 2.45) is 0 Å². The van der Waals surface area contributed by atoms with Crippen molar-refractivity contribution in [2.45, 2.75) is 44.7 Å². The van der Waals surface area contributed by atoms with Gasteiger partial charge in [0.2, 0.25) is 0 Å². The normalized spacial score (nSPS) is 19.9. The molecule has 3 aromatic rings. The van der Waals surface area contributed by atoms with E-state index < -0.39 is 25.6 Å². The second-order valence-electron chi connectivity index (χ2n) is 10.7. The van der Waals surface area contributed by atoms with Gasteiger partial charge in [0.05, 0.1) is 6.54 Å². The number of ether oxygens (including phenoxy) is 1. The lowest BCUT2D eigenvalue weighted by atomic mass is 9.95. The van der Waals surface area contributed by atoms with Crippen molar-refractivity contribution in [3.05, 3.63) is 65.0 Å². The maximum atomic E-state index is 13.9. The van der Waals surface area contributed by atoms with Crippen molar-refractivity contribution in [3.63, 3.8) is 0 Å². The number of aryl methyl sites for hydroxylation is 1. The molecule has 0 aliphatic carbocycles. The number of fused-ring (bicyclic) bond motifs is 2. The van der Waals surface area contributed by atoms with Crippen molar-refractivity contribution in [2.75, 3.05) is 19.9 Å². The standard InChI is InChI=1S/C26H30N4O5Si/c1-17-7-8-18-14-29(23(31)19(18)12-17)15-26(22-13-20-21(35-22)6-5-9-27-20)24(32)30(25(33)28-26)16-34-10-11-36(2,3)4/h5-9,12-13H,10-11,14-16H2,1-4H3,(H,28,33)/t26-/m1/s1. The molecular weight excluding hydrogens is 476 g/mol. The van der Waals surface area contributed by atoms with E-state index in [2.05, 4.69) is 29.9 Å². The Morgan fingerprint density at radius 1 is 1.17 bits per heavy atom. The molecule has 0 spiro atoms. The smallest absolute Gasteiger partial charge is 0.327 e. The highest BCUT2D eigenvalue weighted by molar-refractivity contribution is 6.76. The van der Waals surface area contributed by atoms with Crippen molar-refractivity contribution in [1.29, 1.82) is 0 Å². The molecule has 2 aromatic heterocycles. The van der Waals surface area contributed by atoms with Crippen LogP contribution in [0.2, 0.25) is 25.7 Å². The summed E-state index contributed by atoms with van der Waals surface area (Å²) in [6.45, 7) is 9.20. The zero-order valence-electron chi connectivity index (χ0n) is 21.0. The lowest BCUT2D eigenvalue weighted by molar-refractivity contribution is -0.136. The maximum Gasteiger partial charge on any atom is 0.327 e. The number of pyridine rings is 1. The molecule has 2 aliphatic rings. The average Bonchev–Trinajstić information content (AvgIpc) is 3.45. The Hall–Kier alpha value is -3.50. The Morgan fingerprint density at radius 3 is 2.72 bits per heavy atom. The van der Waals surface area contributed by atoms with E-state index in [-0.39, 0.29) is 24.9 Å². The van der Waals surface area contributed by atoms with Crippen LogP contribution < -0.4 is 5.32 Å². The lowest BCUT2D eigenvalue weighted by Gasteiger charge is -2.29. The highest BCUT2D eigenvalue weighted by atomic mass is 28.3. The van der Waals surface area contributed by atoms with Gasteiger partial charge in [-0.3, -0.25) is 14.6 Å². The molecule has 4 heterocycles. The van der Waals surface area contributed by atoms with Gasteiger partial charge in [0.1, 0.15) is 18.0 Å². The van der Waals surface area contributed by atoms with Gasteiger partial charge in [-0.2, -0.15) is 0 Å². The molecule has 0 unspecified atom stereocenters. The number of nitrogens with one attached hydrogen (secondary N) is 1. The van der Waals surface area contributed by atoms with E-state index in [1.54, 1.807) is 29.3 Å². The predicted octanol–water partition coefficient (Wildman–Crippen LogP) is 3.85. The van der Waals surface area contributed by atoms with Crippen LogP contribution in [0.4, 0.5) is 4.79 Å². The van der Waals surface area contributed by atoms with Gasteiger partial charge in [-0.1, -0.05) is 37.3 Å². The fourth-order valence-electron chi connectivity index (χ4n) is 4.60. The number of aromatic nitrogens is 1. The quantitative estimate of drug-likeness (QED) is 0.283. The van der Waals surface area contributed by atoms with Crippen LogP contribution in [0.5, 0.6) is 0 Å². The highest BCUT2D eigenvalue weighted by Gasteiger charge is 2.56. The number of urea groups is 1. The van der Waals surface area contributed by atoms with Gasteiger partial charge in [0.15, 0.2) is 11.1 Å². The van der Waals surface area contributed by atoms with E-state index in [1.165, 1.54) is 0 Å². The van der Waals surface area contributed by atoms with Crippen molar-refractivity contribution < 1.29 is 23.5 Å². The molecule has 5 rings (SSSR count). The Morgan fingerprint density at radius 2 is 1.97 bits per heavy atom. The van der Waals surface area contributed by atoms with Gasteiger partial charge >= 0.3 is 6.03 Å². The van der Waals surface area contributed by atoms with E-state index in [0.717, 1.165) is 22.1 Å². The molecular formula is C26H30N4O5Si. The first-order chi connectivity index (χ1) is 17.1. The topological polar surface area (TPSA) is 105 Å². The summed E-state index contributed by atoms with van der Waals surface area (Å²) in [5.74, 6) is -0.465. The molecule has 1 aromatic carbocycles. The summed E-state index contributed by atoms with van der Waals surface area (Å²) < 4.78 is 11.8. The molecule has 9 nitrogen and oxygen atoms in total. The summed E-state index contributed by atoms with van der Waals surface area (Å²) >= 11 is 0. The van der Waals surface area contributed by atoms with Crippen molar-refractivity contribution in [1.82, 2.24) is 20.1 Å². The first-order valence-electron chi connectivity index (χ1n) is 12.0. The summed E-state index contributed by atoms with van der Waals surface area (Å²) in [4.78, 5) is 47.2. The number of carbonyl (C=O) groups is 3. The first-order valence-corrected chi connectivity index (χ1v) is 15.7. The van der Waals surface area contributed by atoms with Gasteiger partial charge in [-0.05, 0) is 36.7 Å². The molecule has 1 saturated heterocycles. The zero-order valence-corrected chi connectivity index (χ0v) is 22.0. The number of amides is 4. The molecule has 1 atom stereocenters. The summed E-state index contributed by atoms with van der Waals surface area (Å²) in [5.41, 5.74) is 1.94. The van der Waals surface area contributed by atoms with E-state index in [9.17, 15) is 14.4 Å². The van der Waals surface area contributed by atoms with Crippen molar-refractivity contribution in [3.8, 4) is 0 Å². The fraction of sp³-hybridized carbons (Fsp3) is 0.385. The third-order valence-corrected chi connectivity index (χ3v) is 8.38. The van der Waals surface area contributed by atoms with Crippen LogP contribution in [0.15, 0.2) is 47.0 Å². The monoisotopic (exact) mass is 506 g/mol. The number of nitrogens with zero attached hydrogens (tertiary/aromatic N) is 3. The van der Waals surface area contributed by atoms with Crippen LogP contribution in [0.3, 0.4) is 0 Å².